The summed E-state index contributed by atoms with van der Waals surface area (Å²) >= 11 is 3.39. The molecular formula is C15H14BrNO3. The summed E-state index contributed by atoms with van der Waals surface area (Å²) in [5.74, 6) is 0.328. The molecule has 2 aromatic rings. The van der Waals surface area contributed by atoms with Crippen LogP contribution in [0.4, 0.5) is 0 Å². The Hall–Kier alpha value is -1.88. The van der Waals surface area contributed by atoms with Gasteiger partial charge in [-0.25, -0.2) is 4.79 Å². The fraction of sp³-hybridized carbons (Fsp3) is 0.200. The van der Waals surface area contributed by atoms with Gasteiger partial charge in [0.1, 0.15) is 12.4 Å². The highest BCUT2D eigenvalue weighted by Crippen LogP contribution is 2.27. The van der Waals surface area contributed by atoms with Crippen LogP contribution in [0.5, 0.6) is 5.75 Å². The van der Waals surface area contributed by atoms with E-state index in [9.17, 15) is 4.79 Å². The van der Waals surface area contributed by atoms with Gasteiger partial charge in [0.25, 0.3) is 0 Å². The minimum atomic E-state index is -0.341. The van der Waals surface area contributed by atoms with Crippen molar-refractivity contribution in [2.75, 3.05) is 6.61 Å². The number of ether oxygens (including phenoxy) is 2. The lowest BCUT2D eigenvalue weighted by Gasteiger charge is -2.09. The SMILES string of the molecule is CCOC(=O)c1ccc(OCc2cccnc2)c(Br)c1. The van der Waals surface area contributed by atoms with Crippen LogP contribution >= 0.6 is 15.9 Å². The average molecular weight is 336 g/mol. The second kappa shape index (κ2) is 7.05. The van der Waals surface area contributed by atoms with Crippen LogP contribution in [0.25, 0.3) is 0 Å². The summed E-state index contributed by atoms with van der Waals surface area (Å²) in [4.78, 5) is 15.6. The molecule has 1 aromatic carbocycles. The average Bonchev–Trinajstić information content (AvgIpc) is 2.47. The summed E-state index contributed by atoms with van der Waals surface area (Å²) in [5, 5.41) is 0. The van der Waals surface area contributed by atoms with E-state index in [-0.39, 0.29) is 5.97 Å². The van der Waals surface area contributed by atoms with E-state index in [1.807, 2.05) is 12.1 Å². The van der Waals surface area contributed by atoms with Crippen molar-refractivity contribution in [3.05, 3.63) is 58.3 Å². The molecule has 0 spiro atoms. The van der Waals surface area contributed by atoms with Gasteiger partial charge in [-0.3, -0.25) is 4.98 Å². The molecule has 4 nitrogen and oxygen atoms in total. The van der Waals surface area contributed by atoms with Crippen LogP contribution < -0.4 is 4.74 Å². The fourth-order valence-corrected chi connectivity index (χ4v) is 2.10. The van der Waals surface area contributed by atoms with Gasteiger partial charge in [0.15, 0.2) is 0 Å². The first kappa shape index (κ1) is 14.5. The number of pyridine rings is 1. The van der Waals surface area contributed by atoms with Crippen LogP contribution in [0, 0.1) is 0 Å². The normalized spacial score (nSPS) is 10.1. The van der Waals surface area contributed by atoms with Crippen molar-refractivity contribution in [2.45, 2.75) is 13.5 Å². The summed E-state index contributed by atoms with van der Waals surface area (Å²) in [6, 6.07) is 8.91. The zero-order valence-corrected chi connectivity index (χ0v) is 12.6. The Morgan fingerprint density at radius 3 is 2.85 bits per heavy atom. The largest absolute Gasteiger partial charge is 0.488 e. The van der Waals surface area contributed by atoms with Gasteiger partial charge < -0.3 is 9.47 Å². The summed E-state index contributed by atoms with van der Waals surface area (Å²) in [5.41, 5.74) is 1.47. The van der Waals surface area contributed by atoms with Crippen molar-refractivity contribution in [3.63, 3.8) is 0 Å². The molecule has 0 saturated carbocycles. The highest BCUT2D eigenvalue weighted by molar-refractivity contribution is 9.10. The molecule has 0 aliphatic carbocycles. The summed E-state index contributed by atoms with van der Waals surface area (Å²) < 4.78 is 11.3. The Morgan fingerprint density at radius 1 is 1.35 bits per heavy atom. The zero-order valence-electron chi connectivity index (χ0n) is 11.0. The number of halogens is 1. The number of aromatic nitrogens is 1. The molecule has 1 aromatic heterocycles. The molecule has 0 radical (unpaired) electrons. The number of nitrogens with zero attached hydrogens (tertiary/aromatic N) is 1. The Balaban J connectivity index is 2.04. The molecule has 0 atom stereocenters. The van der Waals surface area contributed by atoms with Gasteiger partial charge in [-0.1, -0.05) is 6.07 Å². The van der Waals surface area contributed by atoms with Crippen molar-refractivity contribution in [1.29, 1.82) is 0 Å². The second-order valence-corrected chi connectivity index (χ2v) is 4.87. The van der Waals surface area contributed by atoms with Crippen molar-refractivity contribution in [3.8, 4) is 5.75 Å². The third-order valence-electron chi connectivity index (χ3n) is 2.56. The Morgan fingerprint density at radius 2 is 2.20 bits per heavy atom. The number of benzene rings is 1. The molecule has 0 aliphatic rings. The lowest BCUT2D eigenvalue weighted by Crippen LogP contribution is -2.05. The van der Waals surface area contributed by atoms with Crippen LogP contribution in [0.1, 0.15) is 22.8 Å². The number of esters is 1. The van der Waals surface area contributed by atoms with Crippen LogP contribution in [-0.2, 0) is 11.3 Å². The molecule has 0 aliphatic heterocycles. The van der Waals surface area contributed by atoms with Gasteiger partial charge in [0.2, 0.25) is 0 Å². The van der Waals surface area contributed by atoms with Crippen molar-refractivity contribution in [1.82, 2.24) is 4.98 Å². The molecule has 5 heteroatoms. The number of rotatable bonds is 5. The summed E-state index contributed by atoms with van der Waals surface area (Å²) in [6.45, 7) is 2.55. The molecule has 0 fully saturated rings. The van der Waals surface area contributed by atoms with E-state index in [1.165, 1.54) is 0 Å². The van der Waals surface area contributed by atoms with E-state index in [1.54, 1.807) is 37.5 Å². The highest BCUT2D eigenvalue weighted by Gasteiger charge is 2.10. The monoisotopic (exact) mass is 335 g/mol. The summed E-state index contributed by atoms with van der Waals surface area (Å²) in [6.07, 6.45) is 3.47. The molecule has 0 N–H and O–H groups in total. The minimum Gasteiger partial charge on any atom is -0.488 e. The van der Waals surface area contributed by atoms with Gasteiger partial charge in [-0.15, -0.1) is 0 Å². The van der Waals surface area contributed by atoms with Gasteiger partial charge in [0.05, 0.1) is 16.6 Å². The molecule has 0 bridgehead atoms. The Kier molecular flexibility index (Phi) is 5.12. The van der Waals surface area contributed by atoms with E-state index in [0.717, 1.165) is 5.56 Å². The Labute approximate surface area is 125 Å². The number of carbonyl (C=O) groups excluding carboxylic acids is 1. The maximum absolute atomic E-state index is 11.6. The molecule has 104 valence electrons. The quantitative estimate of drug-likeness (QED) is 0.783. The summed E-state index contributed by atoms with van der Waals surface area (Å²) in [7, 11) is 0. The molecule has 20 heavy (non-hydrogen) atoms. The van der Waals surface area contributed by atoms with Gasteiger partial charge in [-0.05, 0) is 47.1 Å². The first-order valence-corrected chi connectivity index (χ1v) is 6.98. The fourth-order valence-electron chi connectivity index (χ4n) is 1.60. The highest BCUT2D eigenvalue weighted by atomic mass is 79.9. The topological polar surface area (TPSA) is 48.4 Å². The first-order valence-electron chi connectivity index (χ1n) is 6.19. The first-order chi connectivity index (χ1) is 9.70. The van der Waals surface area contributed by atoms with Crippen LogP contribution in [0.15, 0.2) is 47.2 Å². The lowest BCUT2D eigenvalue weighted by molar-refractivity contribution is 0.0526. The second-order valence-electron chi connectivity index (χ2n) is 4.02. The van der Waals surface area contributed by atoms with Gasteiger partial charge >= 0.3 is 5.97 Å². The molecular weight excluding hydrogens is 322 g/mol. The van der Waals surface area contributed by atoms with Crippen molar-refractivity contribution in [2.24, 2.45) is 0 Å². The molecule has 2 rings (SSSR count). The van der Waals surface area contributed by atoms with Crippen LogP contribution in [-0.4, -0.2) is 17.6 Å². The minimum absolute atomic E-state index is 0.341. The van der Waals surface area contributed by atoms with Crippen molar-refractivity contribution >= 4 is 21.9 Å². The molecule has 1 heterocycles. The van der Waals surface area contributed by atoms with E-state index in [0.29, 0.717) is 29.0 Å². The predicted octanol–water partition coefficient (Wildman–Crippen LogP) is 3.60. The molecule has 0 unspecified atom stereocenters. The number of hydrogen-bond acceptors (Lipinski definition) is 4. The van der Waals surface area contributed by atoms with E-state index < -0.39 is 0 Å². The lowest BCUT2D eigenvalue weighted by atomic mass is 10.2. The van der Waals surface area contributed by atoms with Gasteiger partial charge in [-0.2, -0.15) is 0 Å². The smallest absolute Gasteiger partial charge is 0.338 e. The third-order valence-corrected chi connectivity index (χ3v) is 3.18. The molecule has 0 saturated heterocycles. The molecule has 0 amide bonds. The van der Waals surface area contributed by atoms with Crippen molar-refractivity contribution < 1.29 is 14.3 Å². The maximum Gasteiger partial charge on any atom is 0.338 e. The number of hydrogen-bond donors (Lipinski definition) is 0. The maximum atomic E-state index is 11.6. The third kappa shape index (κ3) is 3.81. The standard InChI is InChI=1S/C15H14BrNO3/c1-2-19-15(18)12-5-6-14(13(16)8-12)20-10-11-4-3-7-17-9-11/h3-9H,2,10H2,1H3. The Bertz CT molecular complexity index is 587. The van der Waals surface area contributed by atoms with E-state index in [4.69, 9.17) is 9.47 Å². The van der Waals surface area contributed by atoms with Crippen LogP contribution in [0.3, 0.4) is 0 Å². The predicted molar refractivity (Wildman–Crippen MR) is 78.7 cm³/mol. The van der Waals surface area contributed by atoms with E-state index >= 15 is 0 Å². The van der Waals surface area contributed by atoms with Gasteiger partial charge in [0, 0.05) is 18.0 Å². The van der Waals surface area contributed by atoms with Crippen LogP contribution in [0.2, 0.25) is 0 Å². The number of carbonyl (C=O) groups is 1. The van der Waals surface area contributed by atoms with E-state index in [2.05, 4.69) is 20.9 Å². The zero-order chi connectivity index (χ0) is 14.4.